The van der Waals surface area contributed by atoms with E-state index < -0.39 is 0 Å². The third-order valence-corrected chi connectivity index (χ3v) is 2.64. The second-order valence-corrected chi connectivity index (χ2v) is 4.24. The number of halogens is 1. The molecular formula is C12H17ClN2O2. The molecule has 0 heterocycles. The number of urea groups is 1. The fourth-order valence-corrected chi connectivity index (χ4v) is 1.53. The van der Waals surface area contributed by atoms with Gasteiger partial charge in [0, 0.05) is 31.4 Å². The van der Waals surface area contributed by atoms with E-state index in [2.05, 4.69) is 5.32 Å². The van der Waals surface area contributed by atoms with Crippen LogP contribution in [-0.4, -0.2) is 38.2 Å². The van der Waals surface area contributed by atoms with Crippen molar-refractivity contribution >= 4 is 23.3 Å². The third kappa shape index (κ3) is 4.24. The number of nitrogens with one attached hydrogen (secondary N) is 1. The zero-order valence-electron chi connectivity index (χ0n) is 10.3. The van der Waals surface area contributed by atoms with Crippen LogP contribution in [0.1, 0.15) is 5.56 Å². The van der Waals surface area contributed by atoms with Gasteiger partial charge >= 0.3 is 6.03 Å². The minimum absolute atomic E-state index is 0.160. The summed E-state index contributed by atoms with van der Waals surface area (Å²) >= 11 is 5.84. The monoisotopic (exact) mass is 256 g/mol. The maximum absolute atomic E-state index is 11.8. The van der Waals surface area contributed by atoms with E-state index in [0.29, 0.717) is 18.2 Å². The highest BCUT2D eigenvalue weighted by Gasteiger charge is 2.09. The molecule has 2 amide bonds. The number of nitrogens with zero attached hydrogens (tertiary/aromatic N) is 1. The fourth-order valence-electron chi connectivity index (χ4n) is 1.31. The number of likely N-dealkylation sites (N-methyl/N-ethyl adjacent to an activating group) is 1. The highest BCUT2D eigenvalue weighted by Crippen LogP contribution is 2.19. The van der Waals surface area contributed by atoms with Crippen molar-refractivity contribution in [3.8, 4) is 0 Å². The van der Waals surface area contributed by atoms with E-state index in [9.17, 15) is 4.79 Å². The maximum atomic E-state index is 11.8. The molecule has 0 aliphatic rings. The first kappa shape index (κ1) is 13.8. The van der Waals surface area contributed by atoms with E-state index in [0.717, 1.165) is 11.3 Å². The molecule has 0 saturated heterocycles. The Morgan fingerprint density at radius 1 is 1.53 bits per heavy atom. The zero-order chi connectivity index (χ0) is 12.8. The summed E-state index contributed by atoms with van der Waals surface area (Å²) in [5.41, 5.74) is 1.70. The van der Waals surface area contributed by atoms with Gasteiger partial charge in [0.1, 0.15) is 0 Å². The summed E-state index contributed by atoms with van der Waals surface area (Å²) in [7, 11) is 3.33. The molecule has 17 heavy (non-hydrogen) atoms. The predicted octanol–water partition coefficient (Wildman–Crippen LogP) is 2.76. The Morgan fingerprint density at radius 2 is 2.24 bits per heavy atom. The van der Waals surface area contributed by atoms with Crippen LogP contribution in [-0.2, 0) is 4.74 Å². The molecule has 1 N–H and O–H groups in total. The average molecular weight is 257 g/mol. The van der Waals surface area contributed by atoms with E-state index in [1.165, 1.54) is 0 Å². The van der Waals surface area contributed by atoms with Crippen molar-refractivity contribution in [2.24, 2.45) is 0 Å². The quantitative estimate of drug-likeness (QED) is 0.900. The van der Waals surface area contributed by atoms with Crippen molar-refractivity contribution in [2.45, 2.75) is 6.92 Å². The lowest BCUT2D eigenvalue weighted by atomic mass is 10.2. The average Bonchev–Trinajstić information content (AvgIpc) is 2.29. The van der Waals surface area contributed by atoms with Gasteiger partial charge < -0.3 is 15.0 Å². The number of benzene rings is 1. The molecule has 0 aliphatic carbocycles. The van der Waals surface area contributed by atoms with Gasteiger partial charge in [-0.25, -0.2) is 4.79 Å². The highest BCUT2D eigenvalue weighted by atomic mass is 35.5. The molecule has 0 saturated carbocycles. The summed E-state index contributed by atoms with van der Waals surface area (Å²) < 4.78 is 4.91. The van der Waals surface area contributed by atoms with E-state index in [1.54, 1.807) is 31.2 Å². The summed E-state index contributed by atoms with van der Waals surface area (Å²) in [6, 6.07) is 5.19. The molecule has 0 radical (unpaired) electrons. The Labute approximate surface area is 107 Å². The molecule has 0 atom stereocenters. The summed E-state index contributed by atoms with van der Waals surface area (Å²) in [4.78, 5) is 13.3. The number of amides is 2. The summed E-state index contributed by atoms with van der Waals surface area (Å²) in [6.45, 7) is 2.97. The van der Waals surface area contributed by atoms with E-state index in [4.69, 9.17) is 16.3 Å². The number of aryl methyl sites for hydroxylation is 1. The fraction of sp³-hybridized carbons (Fsp3) is 0.417. The molecule has 0 bridgehead atoms. The van der Waals surface area contributed by atoms with Crippen molar-refractivity contribution < 1.29 is 9.53 Å². The lowest BCUT2D eigenvalue weighted by Gasteiger charge is -2.18. The van der Waals surface area contributed by atoms with E-state index >= 15 is 0 Å². The second-order valence-electron chi connectivity index (χ2n) is 3.80. The molecule has 1 aromatic carbocycles. The molecule has 0 aromatic heterocycles. The predicted molar refractivity (Wildman–Crippen MR) is 69.7 cm³/mol. The standard InChI is InChI=1S/C12H17ClN2O2/c1-9-8-10(13)4-5-11(9)14-12(16)15(2)6-7-17-3/h4-5,8H,6-7H2,1-3H3,(H,14,16). The maximum Gasteiger partial charge on any atom is 0.321 e. The molecule has 5 heteroatoms. The molecule has 0 aliphatic heterocycles. The zero-order valence-corrected chi connectivity index (χ0v) is 11.0. The Morgan fingerprint density at radius 3 is 2.82 bits per heavy atom. The Bertz CT molecular complexity index is 396. The first-order chi connectivity index (χ1) is 8.04. The summed E-state index contributed by atoms with van der Waals surface area (Å²) in [6.07, 6.45) is 0. The van der Waals surface area contributed by atoms with Crippen LogP contribution in [0.2, 0.25) is 5.02 Å². The number of carbonyl (C=O) groups excluding carboxylic acids is 1. The number of methoxy groups -OCH3 is 1. The Hall–Kier alpha value is -1.26. The molecule has 1 rings (SSSR count). The number of carbonyl (C=O) groups is 1. The lowest BCUT2D eigenvalue weighted by Crippen LogP contribution is -2.34. The first-order valence-corrected chi connectivity index (χ1v) is 5.69. The molecular weight excluding hydrogens is 240 g/mol. The van der Waals surface area contributed by atoms with Gasteiger partial charge in [-0.15, -0.1) is 0 Å². The summed E-state index contributed by atoms with van der Waals surface area (Å²) in [5, 5.41) is 3.48. The smallest absolute Gasteiger partial charge is 0.321 e. The topological polar surface area (TPSA) is 41.6 Å². The molecule has 94 valence electrons. The van der Waals surface area contributed by atoms with E-state index in [1.807, 2.05) is 13.0 Å². The van der Waals surface area contributed by atoms with Crippen LogP contribution in [0.15, 0.2) is 18.2 Å². The van der Waals surface area contributed by atoms with Gasteiger partial charge in [0.2, 0.25) is 0 Å². The number of anilines is 1. The van der Waals surface area contributed by atoms with E-state index in [-0.39, 0.29) is 6.03 Å². The largest absolute Gasteiger partial charge is 0.383 e. The SMILES string of the molecule is COCCN(C)C(=O)Nc1ccc(Cl)cc1C. The molecule has 1 aromatic rings. The number of ether oxygens (including phenoxy) is 1. The Balaban J connectivity index is 2.61. The van der Waals surface area contributed by atoms with Gasteiger partial charge in [0.05, 0.1) is 6.61 Å². The number of rotatable bonds is 4. The van der Waals surface area contributed by atoms with Gasteiger partial charge in [-0.1, -0.05) is 11.6 Å². The van der Waals surface area contributed by atoms with Crippen molar-refractivity contribution in [1.29, 1.82) is 0 Å². The van der Waals surface area contributed by atoms with Crippen LogP contribution in [0.5, 0.6) is 0 Å². The van der Waals surface area contributed by atoms with Gasteiger partial charge in [-0.3, -0.25) is 0 Å². The molecule has 4 nitrogen and oxygen atoms in total. The lowest BCUT2D eigenvalue weighted by molar-refractivity contribution is 0.165. The van der Waals surface area contributed by atoms with Gasteiger partial charge in [0.15, 0.2) is 0 Å². The van der Waals surface area contributed by atoms with Crippen molar-refractivity contribution in [3.63, 3.8) is 0 Å². The van der Waals surface area contributed by atoms with Crippen LogP contribution < -0.4 is 5.32 Å². The van der Waals surface area contributed by atoms with Gasteiger partial charge in [-0.2, -0.15) is 0 Å². The molecule has 0 fully saturated rings. The third-order valence-electron chi connectivity index (χ3n) is 2.41. The first-order valence-electron chi connectivity index (χ1n) is 5.32. The number of hydrogen-bond donors (Lipinski definition) is 1. The number of hydrogen-bond acceptors (Lipinski definition) is 2. The normalized spacial score (nSPS) is 10.1. The Kier molecular flexibility index (Phi) is 5.25. The van der Waals surface area contributed by atoms with Crippen molar-refractivity contribution in [2.75, 3.05) is 32.6 Å². The highest BCUT2D eigenvalue weighted by molar-refractivity contribution is 6.30. The molecule has 0 unspecified atom stereocenters. The van der Waals surface area contributed by atoms with Crippen LogP contribution in [0.3, 0.4) is 0 Å². The van der Waals surface area contributed by atoms with Crippen LogP contribution in [0.4, 0.5) is 10.5 Å². The molecule has 0 spiro atoms. The summed E-state index contributed by atoms with van der Waals surface area (Å²) in [5.74, 6) is 0. The minimum atomic E-state index is -0.160. The van der Waals surface area contributed by atoms with Crippen LogP contribution in [0, 0.1) is 6.92 Å². The van der Waals surface area contributed by atoms with Crippen molar-refractivity contribution in [3.05, 3.63) is 28.8 Å². The van der Waals surface area contributed by atoms with Crippen LogP contribution in [0.25, 0.3) is 0 Å². The minimum Gasteiger partial charge on any atom is -0.383 e. The van der Waals surface area contributed by atoms with Crippen molar-refractivity contribution in [1.82, 2.24) is 4.90 Å². The van der Waals surface area contributed by atoms with Gasteiger partial charge in [-0.05, 0) is 30.7 Å². The second kappa shape index (κ2) is 6.47. The van der Waals surface area contributed by atoms with Crippen LogP contribution >= 0.6 is 11.6 Å². The van der Waals surface area contributed by atoms with Gasteiger partial charge in [0.25, 0.3) is 0 Å².